The lowest BCUT2D eigenvalue weighted by Crippen LogP contribution is -2.56. The molecule has 0 N–H and O–H groups in total. The molecule has 0 atom stereocenters. The third-order valence-electron chi connectivity index (χ3n) is 4.27. The molecule has 1 aliphatic heterocycles. The van der Waals surface area contributed by atoms with Gasteiger partial charge >= 0.3 is 6.18 Å². The van der Waals surface area contributed by atoms with Crippen molar-refractivity contribution in [1.29, 1.82) is 0 Å². The second-order valence-corrected chi connectivity index (χ2v) is 6.27. The van der Waals surface area contributed by atoms with E-state index >= 15 is 0 Å². The number of nitrogens with zero attached hydrogens (tertiary/aromatic N) is 3. The van der Waals surface area contributed by atoms with Crippen LogP contribution in [0, 0.1) is 0 Å². The van der Waals surface area contributed by atoms with Crippen LogP contribution in [0.5, 0.6) is 5.88 Å². The van der Waals surface area contributed by atoms with Crippen molar-refractivity contribution in [3.63, 3.8) is 0 Å². The van der Waals surface area contributed by atoms with E-state index in [9.17, 15) is 18.0 Å². The van der Waals surface area contributed by atoms with E-state index in [-0.39, 0.29) is 30.6 Å². The average Bonchev–Trinajstić information content (AvgIpc) is 3.14. The molecule has 4 rings (SSSR count). The molecule has 6 nitrogen and oxygen atoms in total. The second-order valence-electron chi connectivity index (χ2n) is 6.27. The molecule has 0 unspecified atom stereocenters. The summed E-state index contributed by atoms with van der Waals surface area (Å²) in [5, 5.41) is 3.80. The molecule has 0 radical (unpaired) electrons. The molecular weight excluding hydrogens is 375 g/mol. The van der Waals surface area contributed by atoms with Gasteiger partial charge in [-0.2, -0.15) is 13.2 Å². The molecule has 3 heterocycles. The third kappa shape index (κ3) is 3.68. The number of aromatic nitrogens is 2. The maximum absolute atomic E-state index is 12.7. The quantitative estimate of drug-likeness (QED) is 0.681. The molecule has 1 fully saturated rings. The van der Waals surface area contributed by atoms with Gasteiger partial charge in [-0.1, -0.05) is 35.5 Å². The Kier molecular flexibility index (Phi) is 4.50. The fourth-order valence-electron chi connectivity index (χ4n) is 2.78. The third-order valence-corrected chi connectivity index (χ3v) is 4.27. The number of pyridine rings is 1. The van der Waals surface area contributed by atoms with Crippen molar-refractivity contribution in [2.24, 2.45) is 0 Å². The lowest BCUT2D eigenvalue weighted by Gasteiger charge is -2.38. The Morgan fingerprint density at radius 2 is 1.89 bits per heavy atom. The van der Waals surface area contributed by atoms with Crippen molar-refractivity contribution in [3.8, 4) is 17.2 Å². The van der Waals surface area contributed by atoms with Crippen molar-refractivity contribution >= 4 is 5.91 Å². The van der Waals surface area contributed by atoms with Crippen LogP contribution in [0.25, 0.3) is 11.3 Å². The molecule has 0 saturated carbocycles. The van der Waals surface area contributed by atoms with E-state index in [1.54, 1.807) is 6.07 Å². The van der Waals surface area contributed by atoms with Crippen molar-refractivity contribution in [2.45, 2.75) is 12.3 Å². The summed E-state index contributed by atoms with van der Waals surface area (Å²) in [7, 11) is 0. The summed E-state index contributed by atoms with van der Waals surface area (Å²) in [5.74, 6) is 0.0212. The normalized spacial score (nSPS) is 14.6. The SMILES string of the molecule is O=C(c1cc(-c2ccccc2)on1)N1CC(Oc2cc(C(F)(F)F)ccn2)C1. The number of halogens is 3. The number of amides is 1. The number of benzene rings is 1. The topological polar surface area (TPSA) is 68.5 Å². The smallest absolute Gasteiger partial charge is 0.416 e. The van der Waals surface area contributed by atoms with Crippen LogP contribution < -0.4 is 4.74 Å². The minimum atomic E-state index is -4.47. The number of rotatable bonds is 4. The molecule has 144 valence electrons. The number of likely N-dealkylation sites (tertiary alicyclic amines) is 1. The number of hydrogen-bond donors (Lipinski definition) is 0. The zero-order chi connectivity index (χ0) is 19.7. The van der Waals surface area contributed by atoms with E-state index in [0.29, 0.717) is 5.76 Å². The first kappa shape index (κ1) is 18.0. The number of carbonyl (C=O) groups excluding carboxylic acids is 1. The number of hydrogen-bond acceptors (Lipinski definition) is 5. The van der Waals surface area contributed by atoms with Crippen LogP contribution in [0.1, 0.15) is 16.1 Å². The Labute approximate surface area is 157 Å². The van der Waals surface area contributed by atoms with E-state index in [1.165, 1.54) is 4.90 Å². The summed E-state index contributed by atoms with van der Waals surface area (Å²) in [6.45, 7) is 0.453. The summed E-state index contributed by atoms with van der Waals surface area (Å²) >= 11 is 0. The van der Waals surface area contributed by atoms with Crippen molar-refractivity contribution in [2.75, 3.05) is 13.1 Å². The minimum Gasteiger partial charge on any atom is -0.471 e. The van der Waals surface area contributed by atoms with E-state index in [2.05, 4.69) is 10.1 Å². The van der Waals surface area contributed by atoms with Gasteiger partial charge in [0, 0.05) is 23.9 Å². The highest BCUT2D eigenvalue weighted by atomic mass is 19.4. The first-order valence-corrected chi connectivity index (χ1v) is 8.41. The highest BCUT2D eigenvalue weighted by Gasteiger charge is 2.35. The van der Waals surface area contributed by atoms with Gasteiger partial charge in [-0.15, -0.1) is 0 Å². The zero-order valence-corrected chi connectivity index (χ0v) is 14.4. The Morgan fingerprint density at radius 3 is 2.61 bits per heavy atom. The molecule has 1 aliphatic rings. The van der Waals surface area contributed by atoms with Crippen LogP contribution >= 0.6 is 0 Å². The van der Waals surface area contributed by atoms with Gasteiger partial charge in [0.05, 0.1) is 18.7 Å². The van der Waals surface area contributed by atoms with Crippen LogP contribution in [0.4, 0.5) is 13.2 Å². The van der Waals surface area contributed by atoms with Crippen molar-refractivity contribution in [3.05, 3.63) is 66.0 Å². The molecule has 1 amide bonds. The first-order valence-electron chi connectivity index (χ1n) is 8.41. The van der Waals surface area contributed by atoms with Crippen molar-refractivity contribution in [1.82, 2.24) is 15.0 Å². The van der Waals surface area contributed by atoms with E-state index in [1.807, 2.05) is 30.3 Å². The standard InChI is InChI=1S/C19H14F3N3O3/c20-19(21,22)13-6-7-23-17(8-13)27-14-10-25(11-14)18(26)15-9-16(28-24-15)12-4-2-1-3-5-12/h1-9,14H,10-11H2. The van der Waals surface area contributed by atoms with E-state index in [0.717, 1.165) is 23.9 Å². The monoisotopic (exact) mass is 389 g/mol. The second kappa shape index (κ2) is 6.99. The molecule has 9 heteroatoms. The Bertz CT molecular complexity index is 983. The van der Waals surface area contributed by atoms with Crippen LogP contribution in [0.3, 0.4) is 0 Å². The van der Waals surface area contributed by atoms with Crippen molar-refractivity contribution < 1.29 is 27.2 Å². The van der Waals surface area contributed by atoms with Gasteiger partial charge in [-0.3, -0.25) is 4.79 Å². The summed E-state index contributed by atoms with van der Waals surface area (Å²) in [4.78, 5) is 17.7. The van der Waals surface area contributed by atoms with E-state index in [4.69, 9.17) is 9.26 Å². The maximum Gasteiger partial charge on any atom is 0.416 e. The molecule has 0 aliphatic carbocycles. The summed E-state index contributed by atoms with van der Waals surface area (Å²) < 4.78 is 48.8. The Morgan fingerprint density at radius 1 is 1.14 bits per heavy atom. The van der Waals surface area contributed by atoms with Gasteiger partial charge in [0.2, 0.25) is 5.88 Å². The van der Waals surface area contributed by atoms with Gasteiger partial charge in [0.15, 0.2) is 11.5 Å². The molecule has 3 aromatic rings. The lowest BCUT2D eigenvalue weighted by atomic mass is 10.1. The van der Waals surface area contributed by atoms with Gasteiger partial charge in [-0.25, -0.2) is 4.98 Å². The highest BCUT2D eigenvalue weighted by molar-refractivity contribution is 5.93. The van der Waals surface area contributed by atoms with Crippen LogP contribution in [-0.4, -0.2) is 40.1 Å². The highest BCUT2D eigenvalue weighted by Crippen LogP contribution is 2.31. The van der Waals surface area contributed by atoms with Crippen LogP contribution in [-0.2, 0) is 6.18 Å². The van der Waals surface area contributed by atoms with Crippen LogP contribution in [0.15, 0.2) is 59.3 Å². The van der Waals surface area contributed by atoms with Gasteiger partial charge < -0.3 is 14.2 Å². The molecule has 1 saturated heterocycles. The van der Waals surface area contributed by atoms with Gasteiger partial charge in [0.1, 0.15) is 6.10 Å². The van der Waals surface area contributed by atoms with E-state index < -0.39 is 17.8 Å². The summed E-state index contributed by atoms with van der Waals surface area (Å²) in [6, 6.07) is 12.5. The Balaban J connectivity index is 1.36. The predicted octanol–water partition coefficient (Wildman–Crippen LogP) is 3.66. The number of carbonyl (C=O) groups is 1. The number of alkyl halides is 3. The summed E-state index contributed by atoms with van der Waals surface area (Å²) in [5.41, 5.74) is 0.129. The average molecular weight is 389 g/mol. The largest absolute Gasteiger partial charge is 0.471 e. The Hall–Kier alpha value is -3.36. The van der Waals surface area contributed by atoms with Gasteiger partial charge in [-0.05, 0) is 6.07 Å². The minimum absolute atomic E-state index is 0.125. The molecule has 28 heavy (non-hydrogen) atoms. The van der Waals surface area contributed by atoms with Gasteiger partial charge in [0.25, 0.3) is 5.91 Å². The molecule has 1 aromatic carbocycles. The zero-order valence-electron chi connectivity index (χ0n) is 14.4. The maximum atomic E-state index is 12.7. The molecule has 2 aromatic heterocycles. The summed E-state index contributed by atoms with van der Waals surface area (Å²) in [6.07, 6.45) is -3.85. The molecular formula is C19H14F3N3O3. The fraction of sp³-hybridized carbons (Fsp3) is 0.211. The molecule has 0 spiro atoms. The molecule has 0 bridgehead atoms. The number of ether oxygens (including phenoxy) is 1. The first-order chi connectivity index (χ1) is 13.4. The lowest BCUT2D eigenvalue weighted by molar-refractivity contribution is -0.137. The van der Waals surface area contributed by atoms with Crippen LogP contribution in [0.2, 0.25) is 0 Å². The fourth-order valence-corrected chi connectivity index (χ4v) is 2.78. The predicted molar refractivity (Wildman–Crippen MR) is 91.5 cm³/mol.